The van der Waals surface area contributed by atoms with Crippen LogP contribution in [-0.4, -0.2) is 45.8 Å². The van der Waals surface area contributed by atoms with Gasteiger partial charge in [0.15, 0.2) is 0 Å². The summed E-state index contributed by atoms with van der Waals surface area (Å²) in [6.45, 7) is 3.74. The number of anilines is 1. The number of aliphatic hydroxyl groups excluding tert-OH is 1. The van der Waals surface area contributed by atoms with Crippen LogP contribution in [-0.2, 0) is 0 Å². The van der Waals surface area contributed by atoms with E-state index >= 15 is 0 Å². The lowest BCUT2D eigenvalue weighted by Crippen LogP contribution is -2.29. The Balaban J connectivity index is 3.27. The molecule has 0 aliphatic rings. The van der Waals surface area contributed by atoms with E-state index in [4.69, 9.17) is 10.2 Å². The van der Waals surface area contributed by atoms with Crippen LogP contribution in [0.4, 0.5) is 11.5 Å². The summed E-state index contributed by atoms with van der Waals surface area (Å²) in [7, 11) is 0. The first-order valence-corrected chi connectivity index (χ1v) is 5.35. The van der Waals surface area contributed by atoms with Crippen molar-refractivity contribution in [1.29, 1.82) is 0 Å². The molecule has 0 amide bonds. The van der Waals surface area contributed by atoms with E-state index < -0.39 is 16.6 Å². The Morgan fingerprint density at radius 2 is 2.32 bits per heavy atom. The molecule has 0 fully saturated rings. The molecule has 0 saturated carbocycles. The Hall–Kier alpha value is -2.48. The molecule has 1 heterocycles. The lowest BCUT2D eigenvalue weighted by atomic mass is 10.2. The summed E-state index contributed by atoms with van der Waals surface area (Å²) in [5.74, 6) is -1.26. The molecular formula is C11H13N3O5. The van der Waals surface area contributed by atoms with Crippen molar-refractivity contribution in [3.63, 3.8) is 0 Å². The second-order valence-corrected chi connectivity index (χ2v) is 3.59. The highest BCUT2D eigenvalue weighted by atomic mass is 16.6. The zero-order chi connectivity index (χ0) is 14.4. The third-order valence-electron chi connectivity index (χ3n) is 2.31. The minimum Gasteiger partial charge on any atom is -0.478 e. The van der Waals surface area contributed by atoms with Crippen molar-refractivity contribution in [2.75, 3.05) is 24.6 Å². The lowest BCUT2D eigenvalue weighted by molar-refractivity contribution is -0.385. The largest absolute Gasteiger partial charge is 0.478 e. The van der Waals surface area contributed by atoms with Crippen LogP contribution in [0.5, 0.6) is 0 Å². The van der Waals surface area contributed by atoms with Crippen LogP contribution in [0.3, 0.4) is 0 Å². The van der Waals surface area contributed by atoms with Crippen molar-refractivity contribution in [2.45, 2.75) is 0 Å². The van der Waals surface area contributed by atoms with Crippen molar-refractivity contribution in [3.8, 4) is 0 Å². The van der Waals surface area contributed by atoms with E-state index in [9.17, 15) is 14.9 Å². The maximum absolute atomic E-state index is 11.1. The minimum absolute atomic E-state index is 0.0621. The van der Waals surface area contributed by atoms with Gasteiger partial charge in [0.25, 0.3) is 5.69 Å². The first-order valence-electron chi connectivity index (χ1n) is 5.35. The van der Waals surface area contributed by atoms with E-state index in [1.54, 1.807) is 0 Å². The van der Waals surface area contributed by atoms with Gasteiger partial charge >= 0.3 is 5.97 Å². The molecule has 8 heteroatoms. The Morgan fingerprint density at radius 1 is 1.63 bits per heavy atom. The highest BCUT2D eigenvalue weighted by molar-refractivity contribution is 5.94. The third kappa shape index (κ3) is 3.49. The van der Waals surface area contributed by atoms with Gasteiger partial charge in [-0.2, -0.15) is 0 Å². The Morgan fingerprint density at radius 3 is 2.79 bits per heavy atom. The van der Waals surface area contributed by atoms with Crippen LogP contribution in [0.2, 0.25) is 0 Å². The van der Waals surface area contributed by atoms with E-state index in [1.165, 1.54) is 11.0 Å². The van der Waals surface area contributed by atoms with Gasteiger partial charge < -0.3 is 15.1 Å². The normalized spacial score (nSPS) is 9.95. The summed E-state index contributed by atoms with van der Waals surface area (Å²) in [6.07, 6.45) is 2.50. The number of carbonyl (C=O) groups is 1. The SMILES string of the molecule is C=CCN(CCO)c1ncc([N+](=O)[O-])cc1C(=O)O. The average molecular weight is 267 g/mol. The second-order valence-electron chi connectivity index (χ2n) is 3.59. The number of hydrogen-bond acceptors (Lipinski definition) is 6. The van der Waals surface area contributed by atoms with Crippen LogP contribution in [0.1, 0.15) is 10.4 Å². The maximum Gasteiger partial charge on any atom is 0.339 e. The van der Waals surface area contributed by atoms with Gasteiger partial charge in [-0.3, -0.25) is 10.1 Å². The quantitative estimate of drug-likeness (QED) is 0.423. The molecule has 0 aliphatic carbocycles. The second kappa shape index (κ2) is 6.45. The fourth-order valence-electron chi connectivity index (χ4n) is 1.52. The third-order valence-corrected chi connectivity index (χ3v) is 2.31. The number of carboxylic acids is 1. The molecule has 1 aromatic heterocycles. The molecule has 1 rings (SSSR count). The monoisotopic (exact) mass is 267 g/mol. The molecule has 0 radical (unpaired) electrons. The first-order chi connectivity index (χ1) is 9.01. The summed E-state index contributed by atoms with van der Waals surface area (Å²) in [4.78, 5) is 26.3. The van der Waals surface area contributed by atoms with Crippen LogP contribution in [0.15, 0.2) is 24.9 Å². The summed E-state index contributed by atoms with van der Waals surface area (Å²) in [5.41, 5.74) is -0.687. The fourth-order valence-corrected chi connectivity index (χ4v) is 1.52. The van der Waals surface area contributed by atoms with Crippen molar-refractivity contribution in [2.24, 2.45) is 0 Å². The molecule has 2 N–H and O–H groups in total. The van der Waals surface area contributed by atoms with Gasteiger partial charge in [-0.15, -0.1) is 6.58 Å². The van der Waals surface area contributed by atoms with Crippen LogP contribution >= 0.6 is 0 Å². The summed E-state index contributed by atoms with van der Waals surface area (Å²) in [5, 5.41) is 28.6. The van der Waals surface area contributed by atoms with E-state index in [-0.39, 0.29) is 31.1 Å². The number of aromatic carboxylic acids is 1. The zero-order valence-electron chi connectivity index (χ0n) is 10.0. The Kier molecular flexibility index (Phi) is 4.95. The summed E-state index contributed by atoms with van der Waals surface area (Å²) >= 11 is 0. The van der Waals surface area contributed by atoms with Crippen molar-refractivity contribution < 1.29 is 19.9 Å². The van der Waals surface area contributed by atoms with Crippen molar-refractivity contribution in [1.82, 2.24) is 4.98 Å². The summed E-state index contributed by atoms with van der Waals surface area (Å²) in [6, 6.07) is 0.943. The Labute approximate surface area is 108 Å². The number of pyridine rings is 1. The van der Waals surface area contributed by atoms with Crippen LogP contribution in [0.25, 0.3) is 0 Å². The molecule has 0 saturated heterocycles. The number of hydrogen-bond donors (Lipinski definition) is 2. The maximum atomic E-state index is 11.1. The summed E-state index contributed by atoms with van der Waals surface area (Å²) < 4.78 is 0. The van der Waals surface area contributed by atoms with Crippen molar-refractivity contribution >= 4 is 17.5 Å². The predicted octanol–water partition coefficient (Wildman–Crippen LogP) is 0.673. The van der Waals surface area contributed by atoms with Gasteiger partial charge in [0.1, 0.15) is 17.6 Å². The van der Waals surface area contributed by atoms with Crippen LogP contribution in [0, 0.1) is 10.1 Å². The number of nitro groups is 1. The highest BCUT2D eigenvalue weighted by Crippen LogP contribution is 2.22. The number of aromatic nitrogens is 1. The highest BCUT2D eigenvalue weighted by Gasteiger charge is 2.20. The molecule has 19 heavy (non-hydrogen) atoms. The van der Waals surface area contributed by atoms with Crippen LogP contribution < -0.4 is 4.90 Å². The molecule has 102 valence electrons. The molecular weight excluding hydrogens is 254 g/mol. The number of rotatable bonds is 7. The molecule has 0 aliphatic heterocycles. The fraction of sp³-hybridized carbons (Fsp3) is 0.273. The van der Waals surface area contributed by atoms with E-state index in [0.29, 0.717) is 0 Å². The topological polar surface area (TPSA) is 117 Å². The average Bonchev–Trinajstić information content (AvgIpc) is 2.37. The molecule has 8 nitrogen and oxygen atoms in total. The van der Waals surface area contributed by atoms with E-state index in [1.807, 2.05) is 0 Å². The van der Waals surface area contributed by atoms with Gasteiger partial charge in [0.2, 0.25) is 0 Å². The predicted molar refractivity (Wildman–Crippen MR) is 67.3 cm³/mol. The standard InChI is InChI=1S/C11H13N3O5/c1-2-3-13(4-5-15)10-9(11(16)17)6-8(7-12-10)14(18)19/h2,6-7,15H,1,3-5H2,(H,16,17). The number of carboxylic acid groups (broad SMARTS) is 1. The van der Waals surface area contributed by atoms with Gasteiger partial charge in [0.05, 0.1) is 11.5 Å². The molecule has 0 spiro atoms. The number of nitrogens with zero attached hydrogens (tertiary/aromatic N) is 3. The van der Waals surface area contributed by atoms with Gasteiger partial charge in [-0.05, 0) is 0 Å². The van der Waals surface area contributed by atoms with Crippen molar-refractivity contribution in [3.05, 3.63) is 40.6 Å². The Bertz CT molecular complexity index is 503. The lowest BCUT2D eigenvalue weighted by Gasteiger charge is -2.22. The first kappa shape index (κ1) is 14.6. The van der Waals surface area contributed by atoms with Gasteiger partial charge in [-0.1, -0.05) is 6.08 Å². The minimum atomic E-state index is -1.32. The molecule has 0 bridgehead atoms. The molecule has 1 aromatic rings. The van der Waals surface area contributed by atoms with E-state index in [2.05, 4.69) is 11.6 Å². The van der Waals surface area contributed by atoms with Gasteiger partial charge in [0, 0.05) is 19.2 Å². The number of aliphatic hydroxyl groups is 1. The van der Waals surface area contributed by atoms with Gasteiger partial charge in [-0.25, -0.2) is 9.78 Å². The smallest absolute Gasteiger partial charge is 0.339 e. The zero-order valence-corrected chi connectivity index (χ0v) is 10.0. The molecule has 0 atom stereocenters. The van der Waals surface area contributed by atoms with E-state index in [0.717, 1.165) is 12.3 Å². The molecule has 0 aromatic carbocycles. The molecule has 0 unspecified atom stereocenters.